The van der Waals surface area contributed by atoms with Gasteiger partial charge >= 0.3 is 0 Å². The predicted octanol–water partition coefficient (Wildman–Crippen LogP) is 2.55. The first-order valence-corrected chi connectivity index (χ1v) is 4.50. The van der Waals surface area contributed by atoms with Gasteiger partial charge in [-0.25, -0.2) is 0 Å². The molecule has 0 N–H and O–H groups in total. The van der Waals surface area contributed by atoms with Gasteiger partial charge in [-0.1, -0.05) is 36.4 Å². The Labute approximate surface area is 84.2 Å². The van der Waals surface area contributed by atoms with Crippen molar-refractivity contribution in [2.24, 2.45) is 0 Å². The van der Waals surface area contributed by atoms with Crippen LogP contribution in [-0.4, -0.2) is 19.5 Å². The lowest BCUT2D eigenvalue weighted by molar-refractivity contribution is 0.101. The van der Waals surface area contributed by atoms with E-state index in [2.05, 4.69) is 0 Å². The Hall–Kier alpha value is -1.41. The van der Waals surface area contributed by atoms with Gasteiger partial charge in [-0.15, -0.1) is 0 Å². The van der Waals surface area contributed by atoms with Gasteiger partial charge in [-0.3, -0.25) is 4.79 Å². The molecule has 0 aliphatic rings. The summed E-state index contributed by atoms with van der Waals surface area (Å²) in [5.74, 6) is 0.0948. The molecule has 0 saturated heterocycles. The van der Waals surface area contributed by atoms with Crippen LogP contribution in [0.15, 0.2) is 30.3 Å². The molecule has 0 atom stereocenters. The summed E-state index contributed by atoms with van der Waals surface area (Å²) in [6.45, 7) is 2.17. The van der Waals surface area contributed by atoms with E-state index >= 15 is 0 Å². The molecule has 0 spiro atoms. The van der Waals surface area contributed by atoms with E-state index in [1.165, 1.54) is 0 Å². The number of benzene rings is 1. The Kier molecular flexibility index (Phi) is 4.08. The standard InChI is InChI=1S/C12H14O2/c1-10(13)12-7-5-11(6-8-12)4-3-9-14-2/h3-8H,9H2,1-2H3/b4-3+. The summed E-state index contributed by atoms with van der Waals surface area (Å²) in [5, 5.41) is 0. The summed E-state index contributed by atoms with van der Waals surface area (Å²) in [6, 6.07) is 7.50. The van der Waals surface area contributed by atoms with Crippen LogP contribution in [0.25, 0.3) is 6.08 Å². The van der Waals surface area contributed by atoms with E-state index in [0.717, 1.165) is 11.1 Å². The van der Waals surface area contributed by atoms with E-state index < -0.39 is 0 Å². The second-order valence-electron chi connectivity index (χ2n) is 3.04. The van der Waals surface area contributed by atoms with Gasteiger partial charge in [0, 0.05) is 12.7 Å². The van der Waals surface area contributed by atoms with Crippen molar-refractivity contribution in [2.45, 2.75) is 6.92 Å². The minimum Gasteiger partial charge on any atom is -0.381 e. The Balaban J connectivity index is 2.68. The monoisotopic (exact) mass is 190 g/mol. The van der Waals surface area contributed by atoms with Crippen molar-refractivity contribution in [1.29, 1.82) is 0 Å². The Morgan fingerprint density at radius 3 is 2.50 bits per heavy atom. The van der Waals surface area contributed by atoms with E-state index in [1.807, 2.05) is 36.4 Å². The lowest BCUT2D eigenvalue weighted by atomic mass is 10.1. The van der Waals surface area contributed by atoms with E-state index in [-0.39, 0.29) is 5.78 Å². The molecule has 0 aromatic heterocycles. The number of carbonyl (C=O) groups excluding carboxylic acids is 1. The number of ether oxygens (including phenoxy) is 1. The van der Waals surface area contributed by atoms with Gasteiger partial charge in [0.2, 0.25) is 0 Å². The predicted molar refractivity (Wildman–Crippen MR) is 57.4 cm³/mol. The summed E-state index contributed by atoms with van der Waals surface area (Å²) >= 11 is 0. The van der Waals surface area contributed by atoms with E-state index in [9.17, 15) is 4.79 Å². The fourth-order valence-corrected chi connectivity index (χ4v) is 1.11. The molecule has 2 nitrogen and oxygen atoms in total. The van der Waals surface area contributed by atoms with Crippen molar-refractivity contribution in [3.63, 3.8) is 0 Å². The second kappa shape index (κ2) is 5.35. The zero-order valence-electron chi connectivity index (χ0n) is 8.49. The van der Waals surface area contributed by atoms with Crippen molar-refractivity contribution in [1.82, 2.24) is 0 Å². The van der Waals surface area contributed by atoms with Crippen LogP contribution in [0.1, 0.15) is 22.8 Å². The summed E-state index contributed by atoms with van der Waals surface area (Å²) in [6.07, 6.45) is 3.90. The highest BCUT2D eigenvalue weighted by atomic mass is 16.5. The van der Waals surface area contributed by atoms with Gasteiger partial charge in [0.15, 0.2) is 5.78 Å². The number of hydrogen-bond donors (Lipinski definition) is 0. The number of methoxy groups -OCH3 is 1. The molecule has 0 heterocycles. The first-order valence-electron chi connectivity index (χ1n) is 4.50. The first-order chi connectivity index (χ1) is 6.74. The van der Waals surface area contributed by atoms with Gasteiger partial charge in [0.05, 0.1) is 6.61 Å². The number of ketones is 1. The highest BCUT2D eigenvalue weighted by molar-refractivity contribution is 5.94. The van der Waals surface area contributed by atoms with Crippen molar-refractivity contribution < 1.29 is 9.53 Å². The van der Waals surface area contributed by atoms with Gasteiger partial charge in [-0.05, 0) is 12.5 Å². The molecule has 1 aromatic rings. The van der Waals surface area contributed by atoms with Gasteiger partial charge in [-0.2, -0.15) is 0 Å². The summed E-state index contributed by atoms with van der Waals surface area (Å²) in [4.78, 5) is 11.0. The Bertz CT molecular complexity index is 323. The third-order valence-corrected chi connectivity index (χ3v) is 1.89. The summed E-state index contributed by atoms with van der Waals surface area (Å²) < 4.78 is 4.88. The fourth-order valence-electron chi connectivity index (χ4n) is 1.11. The zero-order valence-corrected chi connectivity index (χ0v) is 8.49. The minimum absolute atomic E-state index is 0.0948. The normalized spacial score (nSPS) is 10.7. The molecule has 14 heavy (non-hydrogen) atoms. The Morgan fingerprint density at radius 2 is 2.00 bits per heavy atom. The number of carbonyl (C=O) groups is 1. The minimum atomic E-state index is 0.0948. The molecule has 0 aliphatic heterocycles. The molecule has 1 rings (SSSR count). The number of rotatable bonds is 4. The van der Waals surface area contributed by atoms with Crippen LogP contribution >= 0.6 is 0 Å². The third kappa shape index (κ3) is 3.15. The maximum Gasteiger partial charge on any atom is 0.159 e. The lowest BCUT2D eigenvalue weighted by Gasteiger charge is -1.96. The first kappa shape index (κ1) is 10.7. The maximum atomic E-state index is 11.0. The van der Waals surface area contributed by atoms with Crippen LogP contribution in [0, 0.1) is 0 Å². The third-order valence-electron chi connectivity index (χ3n) is 1.89. The molecule has 0 saturated carbocycles. The van der Waals surface area contributed by atoms with Crippen molar-refractivity contribution >= 4 is 11.9 Å². The molecule has 2 heteroatoms. The molecule has 0 fully saturated rings. The molecule has 74 valence electrons. The molecule has 0 aliphatic carbocycles. The van der Waals surface area contributed by atoms with Gasteiger partial charge in [0.25, 0.3) is 0 Å². The van der Waals surface area contributed by atoms with Crippen LogP contribution in [0.4, 0.5) is 0 Å². The second-order valence-corrected chi connectivity index (χ2v) is 3.04. The molecule has 0 amide bonds. The van der Waals surface area contributed by atoms with Crippen LogP contribution < -0.4 is 0 Å². The molecular weight excluding hydrogens is 176 g/mol. The largest absolute Gasteiger partial charge is 0.381 e. The summed E-state index contributed by atoms with van der Waals surface area (Å²) in [7, 11) is 1.66. The highest BCUT2D eigenvalue weighted by Crippen LogP contribution is 2.06. The summed E-state index contributed by atoms with van der Waals surface area (Å²) in [5.41, 5.74) is 1.82. The van der Waals surface area contributed by atoms with Crippen molar-refractivity contribution in [3.05, 3.63) is 41.5 Å². The quantitative estimate of drug-likeness (QED) is 0.682. The number of hydrogen-bond acceptors (Lipinski definition) is 2. The topological polar surface area (TPSA) is 26.3 Å². The average molecular weight is 190 g/mol. The van der Waals surface area contributed by atoms with Crippen LogP contribution in [-0.2, 0) is 4.74 Å². The van der Waals surface area contributed by atoms with E-state index in [1.54, 1.807) is 14.0 Å². The molecule has 0 unspecified atom stereocenters. The lowest BCUT2D eigenvalue weighted by Crippen LogP contribution is -1.90. The molecular formula is C12H14O2. The molecule has 0 radical (unpaired) electrons. The zero-order chi connectivity index (χ0) is 10.4. The van der Waals surface area contributed by atoms with Crippen LogP contribution in [0.5, 0.6) is 0 Å². The van der Waals surface area contributed by atoms with Crippen LogP contribution in [0.2, 0.25) is 0 Å². The average Bonchev–Trinajstić information content (AvgIpc) is 2.19. The van der Waals surface area contributed by atoms with Crippen molar-refractivity contribution in [3.8, 4) is 0 Å². The van der Waals surface area contributed by atoms with Crippen LogP contribution in [0.3, 0.4) is 0 Å². The molecule has 0 bridgehead atoms. The smallest absolute Gasteiger partial charge is 0.159 e. The van der Waals surface area contributed by atoms with Gasteiger partial charge < -0.3 is 4.74 Å². The Morgan fingerprint density at radius 1 is 1.36 bits per heavy atom. The molecule has 1 aromatic carbocycles. The fraction of sp³-hybridized carbons (Fsp3) is 0.250. The maximum absolute atomic E-state index is 11.0. The van der Waals surface area contributed by atoms with E-state index in [0.29, 0.717) is 6.61 Å². The van der Waals surface area contributed by atoms with E-state index in [4.69, 9.17) is 4.74 Å². The van der Waals surface area contributed by atoms with Crippen molar-refractivity contribution in [2.75, 3.05) is 13.7 Å². The van der Waals surface area contributed by atoms with Gasteiger partial charge in [0.1, 0.15) is 0 Å². The highest BCUT2D eigenvalue weighted by Gasteiger charge is 1.96. The number of Topliss-reactive ketones (excluding diaryl/α,β-unsaturated/α-hetero) is 1. The SMILES string of the molecule is COC/C=C/c1ccc(C(C)=O)cc1.